The number of carbonyl (C=O) groups excluding carboxylic acids is 4. The highest BCUT2D eigenvalue weighted by Gasteiger charge is 2.27. The number of benzene rings is 4. The van der Waals surface area contributed by atoms with Crippen LogP contribution in [0.2, 0.25) is 0 Å². The van der Waals surface area contributed by atoms with Crippen molar-refractivity contribution in [2.75, 3.05) is 26.4 Å². The minimum absolute atomic E-state index is 0.0125. The quantitative estimate of drug-likeness (QED) is 0.0291. The van der Waals surface area contributed by atoms with Gasteiger partial charge in [0.15, 0.2) is 0 Å². The van der Waals surface area contributed by atoms with Crippen molar-refractivity contribution < 1.29 is 47.6 Å². The Morgan fingerprint density at radius 1 is 0.500 bits per heavy atom. The van der Waals surface area contributed by atoms with Gasteiger partial charge in [-0.25, -0.2) is 19.2 Å². The van der Waals surface area contributed by atoms with Gasteiger partial charge < -0.3 is 28.4 Å². The van der Waals surface area contributed by atoms with Gasteiger partial charge in [-0.3, -0.25) is 0 Å². The molecule has 1 aliphatic carbocycles. The fourth-order valence-electron chi connectivity index (χ4n) is 6.63. The Hall–Kier alpha value is -6.68. The zero-order chi connectivity index (χ0) is 44.3. The molecule has 0 spiro atoms. The highest BCUT2D eigenvalue weighted by Crippen LogP contribution is 2.47. The van der Waals surface area contributed by atoms with E-state index in [1.807, 2.05) is 72.8 Å². The van der Waals surface area contributed by atoms with Crippen LogP contribution in [0.3, 0.4) is 0 Å². The number of ether oxygens (including phenoxy) is 6. The molecule has 0 atom stereocenters. The standard InChI is InChI=1S/C52H56O10/c1-36(2)51(55)59-32-12-8-6-10-30-57-41-20-14-39(15-21-41)18-28-49(53)61-43-24-26-45-46-27-25-44(35-48(46)38(5)47(45)34-43)62-50(54)29-19-40-16-22-42(23-17-40)58-31-11-7-9-13-33-60-52(56)37(3)4/h14-29,34-35,38H,1,3,6-13,30-33H2,2,4-5H3. The minimum atomic E-state index is -0.491. The first-order valence-corrected chi connectivity index (χ1v) is 21.2. The monoisotopic (exact) mass is 840 g/mol. The number of carbonyl (C=O) groups is 4. The van der Waals surface area contributed by atoms with Crippen molar-refractivity contribution in [1.82, 2.24) is 0 Å². The maximum Gasteiger partial charge on any atom is 0.336 e. The zero-order valence-electron chi connectivity index (χ0n) is 36.0. The summed E-state index contributed by atoms with van der Waals surface area (Å²) in [7, 11) is 0. The molecular formula is C52H56O10. The van der Waals surface area contributed by atoms with Crippen LogP contribution < -0.4 is 18.9 Å². The van der Waals surface area contributed by atoms with E-state index in [0.717, 1.165) is 96.2 Å². The molecular weight excluding hydrogens is 785 g/mol. The summed E-state index contributed by atoms with van der Waals surface area (Å²) >= 11 is 0. The Labute approximate surface area is 364 Å². The number of rotatable bonds is 24. The van der Waals surface area contributed by atoms with Crippen LogP contribution >= 0.6 is 0 Å². The van der Waals surface area contributed by atoms with Gasteiger partial charge in [0.2, 0.25) is 0 Å². The fourth-order valence-corrected chi connectivity index (χ4v) is 6.63. The molecule has 0 aliphatic heterocycles. The summed E-state index contributed by atoms with van der Waals surface area (Å²) in [6, 6.07) is 26.2. The van der Waals surface area contributed by atoms with Crippen molar-refractivity contribution in [3.63, 3.8) is 0 Å². The smallest absolute Gasteiger partial charge is 0.336 e. The van der Waals surface area contributed by atoms with E-state index in [1.54, 1.807) is 38.1 Å². The molecule has 0 N–H and O–H groups in total. The average Bonchev–Trinajstić information content (AvgIpc) is 3.54. The minimum Gasteiger partial charge on any atom is -0.494 e. The molecule has 0 saturated carbocycles. The third-order valence-corrected chi connectivity index (χ3v) is 10.1. The number of fused-ring (bicyclic) bond motifs is 3. The second kappa shape index (κ2) is 23.9. The number of hydrogen-bond acceptors (Lipinski definition) is 10. The normalized spacial score (nSPS) is 12.7. The molecule has 0 bridgehead atoms. The molecule has 0 radical (unpaired) electrons. The lowest BCUT2D eigenvalue weighted by atomic mass is 9.99. The number of unbranched alkanes of at least 4 members (excludes halogenated alkanes) is 6. The first-order chi connectivity index (χ1) is 30.0. The lowest BCUT2D eigenvalue weighted by molar-refractivity contribution is -0.139. The van der Waals surface area contributed by atoms with Crippen molar-refractivity contribution in [1.29, 1.82) is 0 Å². The van der Waals surface area contributed by atoms with Crippen LogP contribution in [0, 0.1) is 0 Å². The van der Waals surface area contributed by atoms with Crippen LogP contribution in [0.1, 0.15) is 100 Å². The van der Waals surface area contributed by atoms with Gasteiger partial charge in [-0.15, -0.1) is 0 Å². The Morgan fingerprint density at radius 2 is 0.855 bits per heavy atom. The summed E-state index contributed by atoms with van der Waals surface area (Å²) in [4.78, 5) is 48.4. The van der Waals surface area contributed by atoms with Gasteiger partial charge in [-0.2, -0.15) is 0 Å². The van der Waals surface area contributed by atoms with Gasteiger partial charge in [-0.05, 0) is 159 Å². The molecule has 324 valence electrons. The molecule has 10 nitrogen and oxygen atoms in total. The Bertz CT molecular complexity index is 2090. The van der Waals surface area contributed by atoms with Crippen LogP contribution in [-0.2, 0) is 28.7 Å². The largest absolute Gasteiger partial charge is 0.494 e. The predicted molar refractivity (Wildman–Crippen MR) is 241 cm³/mol. The molecule has 0 fully saturated rings. The topological polar surface area (TPSA) is 124 Å². The highest BCUT2D eigenvalue weighted by atomic mass is 16.5. The van der Waals surface area contributed by atoms with Gasteiger partial charge in [0, 0.05) is 29.2 Å². The van der Waals surface area contributed by atoms with Crippen LogP contribution in [0.5, 0.6) is 23.0 Å². The van der Waals surface area contributed by atoms with E-state index in [2.05, 4.69) is 20.1 Å². The molecule has 10 heteroatoms. The molecule has 62 heavy (non-hydrogen) atoms. The zero-order valence-corrected chi connectivity index (χ0v) is 36.0. The lowest BCUT2D eigenvalue weighted by Crippen LogP contribution is -2.06. The van der Waals surface area contributed by atoms with Gasteiger partial charge in [0.25, 0.3) is 0 Å². The summed E-state index contributed by atoms with van der Waals surface area (Å²) in [6.45, 7) is 14.5. The van der Waals surface area contributed by atoms with Gasteiger partial charge in [0.1, 0.15) is 23.0 Å². The summed E-state index contributed by atoms with van der Waals surface area (Å²) < 4.78 is 33.2. The molecule has 0 amide bonds. The molecule has 5 rings (SSSR count). The molecule has 0 unspecified atom stereocenters. The van der Waals surface area contributed by atoms with E-state index in [1.165, 1.54) is 12.2 Å². The highest BCUT2D eigenvalue weighted by molar-refractivity contribution is 5.90. The Morgan fingerprint density at radius 3 is 1.23 bits per heavy atom. The lowest BCUT2D eigenvalue weighted by Gasteiger charge is -2.09. The predicted octanol–water partition coefficient (Wildman–Crippen LogP) is 11.2. The second-order valence-corrected chi connectivity index (χ2v) is 15.2. The molecule has 4 aromatic rings. The first kappa shape index (κ1) is 46.4. The third-order valence-electron chi connectivity index (χ3n) is 10.1. The van der Waals surface area contributed by atoms with Crippen LogP contribution in [0.25, 0.3) is 23.3 Å². The van der Waals surface area contributed by atoms with E-state index in [9.17, 15) is 19.2 Å². The van der Waals surface area contributed by atoms with Crippen molar-refractivity contribution in [2.45, 2.75) is 78.1 Å². The number of esters is 4. The summed E-state index contributed by atoms with van der Waals surface area (Å²) in [6.07, 6.45) is 13.4. The summed E-state index contributed by atoms with van der Waals surface area (Å²) in [5.74, 6) is 0.693. The number of hydrogen-bond donors (Lipinski definition) is 0. The molecule has 0 saturated heterocycles. The molecule has 0 aromatic heterocycles. The van der Waals surface area contributed by atoms with E-state index >= 15 is 0 Å². The van der Waals surface area contributed by atoms with Crippen LogP contribution in [0.4, 0.5) is 0 Å². The first-order valence-electron chi connectivity index (χ1n) is 21.2. The summed E-state index contributed by atoms with van der Waals surface area (Å²) in [5, 5.41) is 0. The van der Waals surface area contributed by atoms with E-state index in [0.29, 0.717) is 49.1 Å². The molecule has 1 aliphatic rings. The van der Waals surface area contributed by atoms with Crippen molar-refractivity contribution in [3.8, 4) is 34.1 Å². The van der Waals surface area contributed by atoms with Crippen molar-refractivity contribution in [2.24, 2.45) is 0 Å². The fraction of sp³-hybridized carbons (Fsp3) is 0.308. The van der Waals surface area contributed by atoms with Crippen molar-refractivity contribution in [3.05, 3.63) is 144 Å². The molecule has 4 aromatic carbocycles. The van der Waals surface area contributed by atoms with Crippen molar-refractivity contribution >= 4 is 36.0 Å². The Balaban J connectivity index is 1.01. The van der Waals surface area contributed by atoms with Gasteiger partial charge >= 0.3 is 23.9 Å². The van der Waals surface area contributed by atoms with Gasteiger partial charge in [-0.1, -0.05) is 56.5 Å². The van der Waals surface area contributed by atoms with Crippen LogP contribution in [0.15, 0.2) is 121 Å². The SMILES string of the molecule is C=C(C)C(=O)OCCCCCCOc1ccc(C=CC(=O)Oc2ccc3c(c2)C(C)c2cc(OC(=O)C=Cc4ccc(OCCCCCCOC(=O)C(=C)C)cc4)ccc2-3)cc1. The van der Waals surface area contributed by atoms with Crippen LogP contribution in [-0.4, -0.2) is 50.3 Å². The third kappa shape index (κ3) is 14.8. The van der Waals surface area contributed by atoms with E-state index < -0.39 is 11.9 Å². The second-order valence-electron chi connectivity index (χ2n) is 15.2. The maximum absolute atomic E-state index is 12.8. The van der Waals surface area contributed by atoms with Gasteiger partial charge in [0.05, 0.1) is 26.4 Å². The average molecular weight is 841 g/mol. The van der Waals surface area contributed by atoms with E-state index in [4.69, 9.17) is 28.4 Å². The Kier molecular flexibility index (Phi) is 17.9. The summed E-state index contributed by atoms with van der Waals surface area (Å²) in [5.41, 5.74) is 6.60. The maximum atomic E-state index is 12.8. The van der Waals surface area contributed by atoms with E-state index in [-0.39, 0.29) is 17.9 Å². The molecule has 0 heterocycles.